The molecule has 2 aromatic rings. The van der Waals surface area contributed by atoms with E-state index in [9.17, 15) is 4.79 Å². The third-order valence-electron chi connectivity index (χ3n) is 5.95. The van der Waals surface area contributed by atoms with Crippen LogP contribution in [0.15, 0.2) is 54.6 Å². The van der Waals surface area contributed by atoms with E-state index in [4.69, 9.17) is 15.2 Å². The Labute approximate surface area is 184 Å². The summed E-state index contributed by atoms with van der Waals surface area (Å²) in [5, 5.41) is 0. The van der Waals surface area contributed by atoms with Crippen molar-refractivity contribution in [3.05, 3.63) is 60.2 Å². The number of likely N-dealkylation sites (N-methyl/N-ethyl adjacent to an activating group) is 1. The van der Waals surface area contributed by atoms with Gasteiger partial charge in [-0.3, -0.25) is 9.69 Å². The minimum absolute atomic E-state index is 0. The first-order chi connectivity index (χ1) is 14.0. The number of para-hydroxylation sites is 2. The zero-order valence-corrected chi connectivity index (χ0v) is 18.3. The van der Waals surface area contributed by atoms with Gasteiger partial charge in [0.25, 0.3) is 0 Å². The summed E-state index contributed by atoms with van der Waals surface area (Å²) in [5.41, 5.74) is 7.64. The van der Waals surface area contributed by atoms with Gasteiger partial charge < -0.3 is 20.1 Å². The molecule has 30 heavy (non-hydrogen) atoms. The quantitative estimate of drug-likeness (QED) is 0.787. The van der Waals surface area contributed by atoms with Crippen LogP contribution in [0.2, 0.25) is 0 Å². The molecule has 0 aromatic heterocycles. The van der Waals surface area contributed by atoms with Gasteiger partial charge in [0, 0.05) is 32.1 Å². The summed E-state index contributed by atoms with van der Waals surface area (Å²) in [6.07, 6.45) is -0.177. The van der Waals surface area contributed by atoms with Crippen LogP contribution in [-0.2, 0) is 4.79 Å². The molecule has 162 valence electrons. The third kappa shape index (κ3) is 4.72. The number of likely N-dealkylation sites (tertiary alicyclic amines) is 1. The lowest BCUT2D eigenvalue weighted by Crippen LogP contribution is -2.49. The highest BCUT2D eigenvalue weighted by Gasteiger charge is 2.37. The number of nitrogens with two attached hydrogens (primary N) is 1. The monoisotopic (exact) mass is 431 g/mol. The molecule has 0 aliphatic carbocycles. The van der Waals surface area contributed by atoms with E-state index in [1.165, 1.54) is 5.56 Å². The lowest BCUT2D eigenvalue weighted by molar-refractivity contribution is -0.136. The van der Waals surface area contributed by atoms with E-state index in [1.54, 1.807) is 4.90 Å². The number of hydrogen-bond donors (Lipinski definition) is 1. The summed E-state index contributed by atoms with van der Waals surface area (Å²) in [5.74, 6) is 1.81. The normalized spacial score (nSPS) is 24.0. The van der Waals surface area contributed by atoms with Gasteiger partial charge in [-0.25, -0.2) is 0 Å². The molecule has 0 bridgehead atoms. The Kier molecular flexibility index (Phi) is 7.23. The molecule has 7 heteroatoms. The van der Waals surface area contributed by atoms with Crippen LogP contribution in [0.4, 0.5) is 0 Å². The van der Waals surface area contributed by atoms with Gasteiger partial charge in [-0.05, 0) is 24.6 Å². The zero-order chi connectivity index (χ0) is 20.4. The molecule has 6 nitrogen and oxygen atoms in total. The number of benzene rings is 2. The fraction of sp³-hybridized carbons (Fsp3) is 0.435. The summed E-state index contributed by atoms with van der Waals surface area (Å²) in [4.78, 5) is 17.0. The molecule has 2 aliphatic heterocycles. The fourth-order valence-corrected chi connectivity index (χ4v) is 4.25. The molecule has 4 atom stereocenters. The molecule has 1 fully saturated rings. The highest BCUT2D eigenvalue weighted by atomic mass is 35.5. The molecule has 4 rings (SSSR count). The minimum Gasteiger partial charge on any atom is -0.486 e. The maximum Gasteiger partial charge on any atom is 0.239 e. The van der Waals surface area contributed by atoms with E-state index in [1.807, 2.05) is 56.4 Å². The number of ether oxygens (including phenoxy) is 2. The fourth-order valence-electron chi connectivity index (χ4n) is 4.25. The number of carbonyl (C=O) groups is 1. The summed E-state index contributed by atoms with van der Waals surface area (Å²) >= 11 is 0. The first-order valence-electron chi connectivity index (χ1n) is 10.2. The number of fused-ring (bicyclic) bond motifs is 1. The second-order valence-electron chi connectivity index (χ2n) is 8.03. The molecule has 0 radical (unpaired) electrons. The minimum atomic E-state index is -0.225. The average Bonchev–Trinajstić information content (AvgIpc) is 3.14. The molecule has 0 saturated carbocycles. The van der Waals surface area contributed by atoms with Crippen molar-refractivity contribution in [2.75, 3.05) is 33.3 Å². The number of carbonyl (C=O) groups excluding carboxylic acids is 1. The zero-order valence-electron chi connectivity index (χ0n) is 17.4. The number of nitrogens with zero attached hydrogens (tertiary/aromatic N) is 2. The highest BCUT2D eigenvalue weighted by molar-refractivity contribution is 5.85. The van der Waals surface area contributed by atoms with Gasteiger partial charge in [-0.15, -0.1) is 12.4 Å². The van der Waals surface area contributed by atoms with Crippen molar-refractivity contribution in [3.63, 3.8) is 0 Å². The SMILES string of the molecule is CC(C(=O)N(C)CC1COc2ccccc2O1)N1C[C@@H](N)[C@H](c2ccccc2)C1.Cl. The lowest BCUT2D eigenvalue weighted by Gasteiger charge is -2.32. The van der Waals surface area contributed by atoms with Crippen LogP contribution >= 0.6 is 12.4 Å². The van der Waals surface area contributed by atoms with Crippen LogP contribution in [0.1, 0.15) is 18.4 Å². The van der Waals surface area contributed by atoms with Gasteiger partial charge in [0.05, 0.1) is 12.6 Å². The molecule has 2 heterocycles. The number of hydrogen-bond acceptors (Lipinski definition) is 5. The number of amides is 1. The topological polar surface area (TPSA) is 68.0 Å². The number of rotatable bonds is 5. The van der Waals surface area contributed by atoms with Crippen LogP contribution in [0, 0.1) is 0 Å². The molecule has 2 aromatic carbocycles. The predicted octanol–water partition coefficient (Wildman–Crippen LogP) is 2.52. The van der Waals surface area contributed by atoms with E-state index in [2.05, 4.69) is 17.0 Å². The van der Waals surface area contributed by atoms with E-state index in [0.717, 1.165) is 24.6 Å². The molecule has 2 unspecified atom stereocenters. The predicted molar refractivity (Wildman–Crippen MR) is 119 cm³/mol. The van der Waals surface area contributed by atoms with Gasteiger partial charge in [-0.1, -0.05) is 42.5 Å². The standard InChI is InChI=1S/C23H29N3O3.ClH/c1-16(26-13-19(20(24)14-26)17-8-4-3-5-9-17)23(27)25(2)12-18-15-28-21-10-6-7-11-22(21)29-18;/h3-11,16,18-20H,12-15,24H2,1-2H3;1H/t16?,18?,19-,20+;/m0./s1. The van der Waals surface area contributed by atoms with Gasteiger partial charge in [0.2, 0.25) is 5.91 Å². The first kappa shape index (κ1) is 22.4. The van der Waals surface area contributed by atoms with E-state index >= 15 is 0 Å². The van der Waals surface area contributed by atoms with Crippen molar-refractivity contribution in [1.29, 1.82) is 0 Å². The Morgan fingerprint density at radius 3 is 2.53 bits per heavy atom. The molecule has 2 aliphatic rings. The van der Waals surface area contributed by atoms with Crippen molar-refractivity contribution >= 4 is 18.3 Å². The molecular formula is C23H30ClN3O3. The van der Waals surface area contributed by atoms with Crippen LogP contribution in [-0.4, -0.2) is 67.2 Å². The van der Waals surface area contributed by atoms with Gasteiger partial charge in [0.1, 0.15) is 6.61 Å². The van der Waals surface area contributed by atoms with Crippen molar-refractivity contribution < 1.29 is 14.3 Å². The van der Waals surface area contributed by atoms with Gasteiger partial charge in [-0.2, -0.15) is 0 Å². The second-order valence-corrected chi connectivity index (χ2v) is 8.03. The Bertz CT molecular complexity index is 851. The summed E-state index contributed by atoms with van der Waals surface area (Å²) < 4.78 is 11.8. The van der Waals surface area contributed by atoms with E-state index in [0.29, 0.717) is 13.2 Å². The lowest BCUT2D eigenvalue weighted by atomic mass is 9.95. The summed E-state index contributed by atoms with van der Waals surface area (Å²) in [7, 11) is 1.83. The molecular weight excluding hydrogens is 402 g/mol. The van der Waals surface area contributed by atoms with Crippen molar-refractivity contribution in [1.82, 2.24) is 9.80 Å². The van der Waals surface area contributed by atoms with E-state index < -0.39 is 0 Å². The Balaban J connectivity index is 0.00000256. The van der Waals surface area contributed by atoms with Crippen LogP contribution in [0.25, 0.3) is 0 Å². The molecule has 1 saturated heterocycles. The van der Waals surface area contributed by atoms with Crippen molar-refractivity contribution in [2.24, 2.45) is 5.73 Å². The number of halogens is 1. The van der Waals surface area contributed by atoms with Gasteiger partial charge >= 0.3 is 0 Å². The summed E-state index contributed by atoms with van der Waals surface area (Å²) in [6.45, 7) is 4.40. The first-order valence-corrected chi connectivity index (χ1v) is 10.2. The third-order valence-corrected chi connectivity index (χ3v) is 5.95. The average molecular weight is 432 g/mol. The van der Waals surface area contributed by atoms with Crippen LogP contribution in [0.5, 0.6) is 11.5 Å². The molecule has 0 spiro atoms. The Morgan fingerprint density at radius 2 is 1.80 bits per heavy atom. The van der Waals surface area contributed by atoms with Crippen molar-refractivity contribution in [3.8, 4) is 11.5 Å². The maximum absolute atomic E-state index is 13.0. The Morgan fingerprint density at radius 1 is 1.13 bits per heavy atom. The summed E-state index contributed by atoms with van der Waals surface area (Å²) in [6, 6.07) is 17.7. The van der Waals surface area contributed by atoms with Crippen LogP contribution < -0.4 is 15.2 Å². The molecule has 2 N–H and O–H groups in total. The smallest absolute Gasteiger partial charge is 0.239 e. The second kappa shape index (κ2) is 9.69. The van der Waals surface area contributed by atoms with E-state index in [-0.39, 0.29) is 42.4 Å². The largest absolute Gasteiger partial charge is 0.486 e. The maximum atomic E-state index is 13.0. The Hall–Kier alpha value is -2.28. The van der Waals surface area contributed by atoms with Gasteiger partial charge in [0.15, 0.2) is 17.6 Å². The molecule has 1 amide bonds. The highest BCUT2D eigenvalue weighted by Crippen LogP contribution is 2.31. The van der Waals surface area contributed by atoms with Crippen LogP contribution in [0.3, 0.4) is 0 Å². The van der Waals surface area contributed by atoms with Crippen molar-refractivity contribution in [2.45, 2.75) is 31.0 Å².